The summed E-state index contributed by atoms with van der Waals surface area (Å²) in [5, 5.41) is 54.0. The molecule has 0 saturated carbocycles. The molecule has 2 aromatic heterocycles. The predicted molar refractivity (Wildman–Crippen MR) is 273 cm³/mol. The molecule has 396 valence electrons. The molecule has 4 aromatic carbocycles. The van der Waals surface area contributed by atoms with E-state index >= 15 is 0 Å². The van der Waals surface area contributed by atoms with Crippen molar-refractivity contribution in [2.45, 2.75) is 19.6 Å². The fraction of sp³-hybridized carbons (Fsp3) is 0.222. The van der Waals surface area contributed by atoms with E-state index in [-0.39, 0.29) is 58.9 Å². The third-order valence-electron chi connectivity index (χ3n) is 9.12. The summed E-state index contributed by atoms with van der Waals surface area (Å²) in [7, 11) is -20.7. The highest BCUT2D eigenvalue weighted by Gasteiger charge is 2.29. The number of azo groups is 2. The molecule has 13 N–H and O–H groups in total. The van der Waals surface area contributed by atoms with Crippen molar-refractivity contribution in [2.75, 3.05) is 76.3 Å². The van der Waals surface area contributed by atoms with E-state index in [1.807, 2.05) is 0 Å². The lowest BCUT2D eigenvalue weighted by Gasteiger charge is -2.14. The van der Waals surface area contributed by atoms with Crippen LogP contribution in [0.2, 0.25) is 10.6 Å². The summed E-state index contributed by atoms with van der Waals surface area (Å²) < 4.78 is 141. The second kappa shape index (κ2) is 24.1. The first-order valence-electron chi connectivity index (χ1n) is 20.1. The lowest BCUT2D eigenvalue weighted by Crippen LogP contribution is -2.11. The number of nitrogen functional groups attached to an aromatic ring is 1. The molecule has 2 heterocycles. The van der Waals surface area contributed by atoms with E-state index < -0.39 is 105 Å². The van der Waals surface area contributed by atoms with Gasteiger partial charge in [-0.2, -0.15) is 97.3 Å². The van der Waals surface area contributed by atoms with Crippen molar-refractivity contribution in [3.8, 4) is 5.75 Å². The largest absolute Gasteiger partial charge is 0.505 e. The summed E-state index contributed by atoms with van der Waals surface area (Å²) >= 11 is 15.0. The van der Waals surface area contributed by atoms with Crippen LogP contribution in [0.4, 0.5) is 63.6 Å². The summed E-state index contributed by atoms with van der Waals surface area (Å²) in [5.41, 5.74) is 2.12. The van der Waals surface area contributed by atoms with Crippen LogP contribution in [-0.2, 0) is 40.5 Å². The Bertz CT molecular complexity index is 3410. The van der Waals surface area contributed by atoms with Gasteiger partial charge in [-0.1, -0.05) is 0 Å². The number of phenolic OH excluding ortho intramolecular Hbond substituents is 1. The zero-order chi connectivity index (χ0) is 54.2. The number of hydrogen-bond acceptors (Lipinski definition) is 28. The van der Waals surface area contributed by atoms with Crippen LogP contribution in [0.3, 0.4) is 0 Å². The van der Waals surface area contributed by atoms with Crippen LogP contribution in [0.5, 0.6) is 5.75 Å². The first-order valence-corrected chi connectivity index (χ1v) is 28.9. The number of aliphatic hydroxyl groups is 2. The molecule has 0 aliphatic rings. The molecule has 0 fully saturated rings. The molecule has 6 aromatic rings. The number of thioether (sulfide) groups is 2. The van der Waals surface area contributed by atoms with Gasteiger partial charge in [-0.3, -0.25) is 18.2 Å². The molecule has 0 aliphatic carbocycles. The number of hydrogen-bond donors (Lipinski definition) is 12. The number of anilines is 7. The Kier molecular flexibility index (Phi) is 18.7. The Balaban J connectivity index is 1.41. The Morgan fingerprint density at radius 1 is 0.527 bits per heavy atom. The van der Waals surface area contributed by atoms with Gasteiger partial charge in [0.25, 0.3) is 40.5 Å². The van der Waals surface area contributed by atoms with Crippen molar-refractivity contribution in [1.29, 1.82) is 0 Å². The molecule has 0 amide bonds. The van der Waals surface area contributed by atoms with Crippen LogP contribution in [0, 0.1) is 0 Å². The standard InChI is InChI=1S/C36H37Cl2N15O15S6/c37-31-44-33(40-5-9-69-11-7-54)48-35(46-31)42-20-15-18(1-3-22(20)71(57,58)59)50-52-28-24(73(63,64)65)13-17-14-25(74(66,67)68)29(30(56)26(17)27(28)39)53-51-19-2-4-23(72(60,61)62)21(16-19)43-36-47-32(38)45-34(49-36)41-6-10-70-12-8-55/h1-4,13-16,54-56H,5-12,39H2,(H,57,58,59)(H,60,61,62)(H,63,64,65)(H,66,67,68)(H2,40,42,44,46,48)(H2,41,43,45,47,49). The van der Waals surface area contributed by atoms with Gasteiger partial charge in [0.1, 0.15) is 31.0 Å². The summed E-state index contributed by atoms with van der Waals surface area (Å²) in [5.74, 6) is 0.0238. The molecule has 0 bridgehead atoms. The first-order chi connectivity index (χ1) is 34.8. The van der Waals surface area contributed by atoms with Gasteiger partial charge >= 0.3 is 0 Å². The van der Waals surface area contributed by atoms with E-state index in [1.54, 1.807) is 0 Å². The molecule has 0 spiro atoms. The number of nitrogens with two attached hydrogens (primary N) is 1. The van der Waals surface area contributed by atoms with Gasteiger partial charge in [-0.25, -0.2) is 0 Å². The number of rotatable bonds is 24. The maximum absolute atomic E-state index is 12.8. The third kappa shape index (κ3) is 15.1. The number of aromatic nitrogens is 6. The van der Waals surface area contributed by atoms with E-state index in [1.165, 1.54) is 23.5 Å². The van der Waals surface area contributed by atoms with Crippen LogP contribution in [0.25, 0.3) is 10.8 Å². The second-order valence-corrected chi connectivity index (χ2v) is 22.9. The average Bonchev–Trinajstić information content (AvgIpc) is 3.29. The number of nitrogens with one attached hydrogen (secondary N) is 4. The molecule has 38 heteroatoms. The van der Waals surface area contributed by atoms with Crippen molar-refractivity contribution in [3.05, 3.63) is 59.1 Å². The van der Waals surface area contributed by atoms with Gasteiger partial charge in [0.2, 0.25) is 34.4 Å². The number of phenols is 1. The first kappa shape index (κ1) is 57.3. The Hall–Kier alpha value is -6.00. The number of nitrogens with zero attached hydrogens (tertiary/aromatic N) is 10. The third-order valence-corrected chi connectivity index (χ3v) is 14.9. The minimum Gasteiger partial charge on any atom is -0.505 e. The van der Waals surface area contributed by atoms with E-state index in [0.29, 0.717) is 48.2 Å². The second-order valence-electron chi connectivity index (χ2n) is 14.2. The molecule has 74 heavy (non-hydrogen) atoms. The maximum Gasteiger partial charge on any atom is 0.296 e. The summed E-state index contributed by atoms with van der Waals surface area (Å²) in [4.78, 5) is 20.1. The van der Waals surface area contributed by atoms with Gasteiger partial charge in [0, 0.05) is 36.1 Å². The zero-order valence-electron chi connectivity index (χ0n) is 36.9. The lowest BCUT2D eigenvalue weighted by molar-refractivity contribution is 0.322. The molecule has 0 saturated heterocycles. The van der Waals surface area contributed by atoms with Crippen molar-refractivity contribution >= 4 is 162 Å². The molecule has 0 atom stereocenters. The highest BCUT2D eigenvalue weighted by molar-refractivity contribution is 7.99. The van der Waals surface area contributed by atoms with Crippen molar-refractivity contribution < 1.29 is 67.2 Å². The van der Waals surface area contributed by atoms with E-state index in [9.17, 15) is 57.0 Å². The highest BCUT2D eigenvalue weighted by Crippen LogP contribution is 2.48. The summed E-state index contributed by atoms with van der Waals surface area (Å²) in [6.07, 6.45) is 0. The SMILES string of the molecule is Nc1c(N=Nc2ccc(S(=O)(=O)O)c(Nc3nc(Cl)nc(NCCSCCO)n3)c2)c(S(=O)(=O)O)cc2cc(S(=O)(=O)O)c(N=Nc3ccc(S(=O)(=O)O)c(Nc4nc(Cl)nc(NCCSCCO)n4)c3)c(O)c12. The minimum absolute atomic E-state index is 0.0370. The summed E-state index contributed by atoms with van der Waals surface area (Å²) in [6.45, 7) is 0.552. The Morgan fingerprint density at radius 2 is 0.919 bits per heavy atom. The summed E-state index contributed by atoms with van der Waals surface area (Å²) in [6, 6.07) is 6.82. The number of fused-ring (bicyclic) bond motifs is 1. The van der Waals surface area contributed by atoms with E-state index in [0.717, 1.165) is 36.4 Å². The normalized spacial score (nSPS) is 12.5. The number of halogens is 2. The fourth-order valence-electron chi connectivity index (χ4n) is 6.14. The quantitative estimate of drug-likeness (QED) is 0.0156. The van der Waals surface area contributed by atoms with Crippen LogP contribution < -0.4 is 27.0 Å². The number of aliphatic hydroxyl groups excluding tert-OH is 2. The zero-order valence-corrected chi connectivity index (χ0v) is 43.3. The van der Waals surface area contributed by atoms with Gasteiger partial charge in [0.15, 0.2) is 5.75 Å². The van der Waals surface area contributed by atoms with Crippen LogP contribution >= 0.6 is 46.7 Å². The molecule has 0 radical (unpaired) electrons. The minimum atomic E-state index is -5.40. The molecule has 30 nitrogen and oxygen atoms in total. The van der Waals surface area contributed by atoms with Crippen molar-refractivity contribution in [2.24, 2.45) is 20.5 Å². The maximum atomic E-state index is 12.8. The fourth-order valence-corrected chi connectivity index (χ4v) is 10.2. The van der Waals surface area contributed by atoms with E-state index in [2.05, 4.69) is 71.6 Å². The number of benzene rings is 4. The average molecular weight is 1180 g/mol. The predicted octanol–water partition coefficient (Wildman–Crippen LogP) is 5.38. The topological polar surface area (TPSA) is 479 Å². The molecular weight excluding hydrogens is 1150 g/mol. The lowest BCUT2D eigenvalue weighted by atomic mass is 10.1. The Labute approximate surface area is 437 Å². The van der Waals surface area contributed by atoms with Gasteiger partial charge in [-0.15, -0.1) is 10.2 Å². The van der Waals surface area contributed by atoms with Crippen LogP contribution in [0.15, 0.2) is 88.6 Å². The van der Waals surface area contributed by atoms with Gasteiger partial charge in [-0.05, 0) is 77.1 Å². The molecule has 0 aliphatic heterocycles. The molecular formula is C36H37Cl2N15O15S6. The number of aromatic hydroxyl groups is 1. The Morgan fingerprint density at radius 3 is 1.32 bits per heavy atom. The molecule has 6 rings (SSSR count). The van der Waals surface area contributed by atoms with E-state index in [4.69, 9.17) is 39.1 Å². The van der Waals surface area contributed by atoms with Crippen LogP contribution in [-0.4, -0.2) is 146 Å². The van der Waals surface area contributed by atoms with Gasteiger partial charge in [0.05, 0.1) is 47.0 Å². The van der Waals surface area contributed by atoms with Crippen molar-refractivity contribution in [3.63, 3.8) is 0 Å². The van der Waals surface area contributed by atoms with Gasteiger partial charge < -0.3 is 42.3 Å². The monoisotopic (exact) mass is 1180 g/mol. The van der Waals surface area contributed by atoms with Crippen molar-refractivity contribution in [1.82, 2.24) is 29.9 Å². The smallest absolute Gasteiger partial charge is 0.296 e. The molecule has 0 unspecified atom stereocenters. The highest BCUT2D eigenvalue weighted by atomic mass is 35.5. The van der Waals surface area contributed by atoms with Crippen LogP contribution in [0.1, 0.15) is 0 Å².